The van der Waals surface area contributed by atoms with Crippen LogP contribution >= 0.6 is 11.3 Å². The van der Waals surface area contributed by atoms with Crippen LogP contribution in [0.4, 0.5) is 0 Å². The number of nitrogens with two attached hydrogens (primary N) is 1. The number of ether oxygens (including phenoxy) is 1. The van der Waals surface area contributed by atoms with Crippen molar-refractivity contribution in [3.8, 4) is 11.8 Å². The molecule has 0 radical (unpaired) electrons. The van der Waals surface area contributed by atoms with Crippen molar-refractivity contribution in [2.24, 2.45) is 5.73 Å². The average molecular weight is 335 g/mol. The fourth-order valence-corrected chi connectivity index (χ4v) is 4.07. The maximum Gasteiger partial charge on any atom is 0.228 e. The third-order valence-corrected chi connectivity index (χ3v) is 5.10. The van der Waals surface area contributed by atoms with Crippen LogP contribution in [0, 0.1) is 11.3 Å². The Kier molecular flexibility index (Phi) is 3.18. The van der Waals surface area contributed by atoms with Gasteiger partial charge in [0, 0.05) is 17.2 Å². The lowest BCUT2D eigenvalue weighted by Crippen LogP contribution is -2.23. The summed E-state index contributed by atoms with van der Waals surface area (Å²) in [4.78, 5) is 13.3. The van der Waals surface area contributed by atoms with Crippen molar-refractivity contribution in [3.63, 3.8) is 0 Å². The molecular formula is C18H13N3O2S. The third kappa shape index (κ3) is 1.88. The zero-order chi connectivity index (χ0) is 16.8. The Hall–Kier alpha value is -3.04. The lowest BCUT2D eigenvalue weighted by Gasteiger charge is -2.24. The molecule has 118 valence electrons. The maximum atomic E-state index is 12.4. The van der Waals surface area contributed by atoms with Gasteiger partial charge in [0.15, 0.2) is 5.75 Å². The Morgan fingerprint density at radius 3 is 2.79 bits per heavy atom. The smallest absolute Gasteiger partial charge is 0.228 e. The van der Waals surface area contributed by atoms with Gasteiger partial charge in [0.1, 0.15) is 11.6 Å². The molecule has 6 heteroatoms. The van der Waals surface area contributed by atoms with Gasteiger partial charge in [0.2, 0.25) is 11.8 Å². The molecule has 24 heavy (non-hydrogen) atoms. The summed E-state index contributed by atoms with van der Waals surface area (Å²) in [6.07, 6.45) is 0. The number of carbonyl (C=O) groups excluding carboxylic acids is 1. The van der Waals surface area contributed by atoms with E-state index >= 15 is 0 Å². The van der Waals surface area contributed by atoms with Gasteiger partial charge in [-0.3, -0.25) is 9.36 Å². The Morgan fingerprint density at radius 2 is 2.12 bits per heavy atom. The molecule has 0 saturated carbocycles. The second kappa shape index (κ2) is 5.25. The highest BCUT2D eigenvalue weighted by molar-refractivity contribution is 7.10. The molecule has 2 N–H and O–H groups in total. The minimum atomic E-state index is -0.407. The number of nitriles is 1. The van der Waals surface area contributed by atoms with Crippen LogP contribution in [0.1, 0.15) is 28.2 Å². The number of aromatic nitrogens is 1. The summed E-state index contributed by atoms with van der Waals surface area (Å²) < 4.78 is 7.40. The molecule has 0 aliphatic carbocycles. The predicted molar refractivity (Wildman–Crippen MR) is 91.9 cm³/mol. The summed E-state index contributed by atoms with van der Waals surface area (Å²) in [5, 5.41) is 12.4. The molecule has 2 aromatic heterocycles. The van der Waals surface area contributed by atoms with Gasteiger partial charge in [-0.1, -0.05) is 18.2 Å². The Labute approximate surface area is 142 Å². The second-order valence-electron chi connectivity index (χ2n) is 5.53. The second-order valence-corrected chi connectivity index (χ2v) is 6.51. The lowest BCUT2D eigenvalue weighted by molar-refractivity contribution is 0.0937. The van der Waals surface area contributed by atoms with Crippen molar-refractivity contribution >= 4 is 28.1 Å². The quantitative estimate of drug-likeness (QED) is 0.737. The highest BCUT2D eigenvalue weighted by atomic mass is 32.1. The molecule has 0 fully saturated rings. The van der Waals surface area contributed by atoms with Crippen LogP contribution in [0.15, 0.2) is 53.2 Å². The first kappa shape index (κ1) is 14.5. The summed E-state index contributed by atoms with van der Waals surface area (Å²) in [6, 6.07) is 13.5. The Morgan fingerprint density at radius 1 is 1.33 bits per heavy atom. The zero-order valence-electron chi connectivity index (χ0n) is 12.8. The van der Waals surface area contributed by atoms with E-state index in [0.717, 1.165) is 15.8 Å². The van der Waals surface area contributed by atoms with E-state index in [9.17, 15) is 10.1 Å². The van der Waals surface area contributed by atoms with Crippen LogP contribution < -0.4 is 10.5 Å². The molecule has 4 rings (SSSR count). The normalized spacial score (nSPS) is 16.6. The number of para-hydroxylation sites is 1. The van der Waals surface area contributed by atoms with Gasteiger partial charge in [0.05, 0.1) is 17.1 Å². The molecule has 0 spiro atoms. The van der Waals surface area contributed by atoms with Crippen LogP contribution in [0.25, 0.3) is 10.9 Å². The van der Waals surface area contributed by atoms with Crippen LogP contribution in [0.3, 0.4) is 0 Å². The molecule has 1 aliphatic heterocycles. The van der Waals surface area contributed by atoms with E-state index in [1.165, 1.54) is 18.3 Å². The summed E-state index contributed by atoms with van der Waals surface area (Å²) in [5.41, 5.74) is 7.77. The standard InChI is InChI=1S/C18H13N3O2S/c1-10(22)21-13-6-3-2-5-11(13)17-16(21)15(14-7-4-8-24-14)12(9-19)18(20)23-17/h2-8,15H,20H2,1H3. The summed E-state index contributed by atoms with van der Waals surface area (Å²) in [5.74, 6) is 0.107. The minimum Gasteiger partial charge on any atom is -0.438 e. The topological polar surface area (TPSA) is 81.0 Å². The third-order valence-electron chi connectivity index (χ3n) is 4.17. The van der Waals surface area contributed by atoms with Gasteiger partial charge >= 0.3 is 0 Å². The molecule has 1 atom stereocenters. The van der Waals surface area contributed by atoms with E-state index < -0.39 is 5.92 Å². The van der Waals surface area contributed by atoms with E-state index in [0.29, 0.717) is 17.0 Å². The molecular weight excluding hydrogens is 322 g/mol. The van der Waals surface area contributed by atoms with Crippen LogP contribution in [0.5, 0.6) is 5.75 Å². The molecule has 1 aliphatic rings. The van der Waals surface area contributed by atoms with Gasteiger partial charge in [-0.05, 0) is 23.6 Å². The number of rotatable bonds is 1. The highest BCUT2D eigenvalue weighted by Gasteiger charge is 2.37. The Balaban J connectivity index is 2.14. The first-order valence-electron chi connectivity index (χ1n) is 7.38. The van der Waals surface area contributed by atoms with Crippen molar-refractivity contribution in [3.05, 3.63) is 63.8 Å². The largest absolute Gasteiger partial charge is 0.438 e. The fourth-order valence-electron chi connectivity index (χ4n) is 3.23. The van der Waals surface area contributed by atoms with Crippen molar-refractivity contribution in [2.75, 3.05) is 0 Å². The van der Waals surface area contributed by atoms with Crippen LogP contribution in [-0.2, 0) is 0 Å². The molecule has 5 nitrogen and oxygen atoms in total. The molecule has 0 bridgehead atoms. The monoisotopic (exact) mass is 335 g/mol. The molecule has 3 aromatic rings. The van der Waals surface area contributed by atoms with Gasteiger partial charge in [-0.25, -0.2) is 0 Å². The number of nitrogens with zero attached hydrogens (tertiary/aromatic N) is 2. The van der Waals surface area contributed by atoms with E-state index in [1.54, 1.807) is 4.57 Å². The van der Waals surface area contributed by atoms with Gasteiger partial charge in [0.25, 0.3) is 0 Å². The van der Waals surface area contributed by atoms with E-state index in [1.807, 2.05) is 41.8 Å². The number of fused-ring (bicyclic) bond motifs is 3. The molecule has 3 heterocycles. The van der Waals surface area contributed by atoms with Crippen molar-refractivity contribution in [1.29, 1.82) is 5.26 Å². The number of hydrogen-bond acceptors (Lipinski definition) is 5. The fraction of sp³-hybridized carbons (Fsp3) is 0.111. The van der Waals surface area contributed by atoms with Crippen molar-refractivity contribution < 1.29 is 9.53 Å². The summed E-state index contributed by atoms with van der Waals surface area (Å²) >= 11 is 1.52. The SMILES string of the molecule is CC(=O)n1c2c(c3ccccc31)OC(N)=C(C#N)C2c1cccs1. The van der Waals surface area contributed by atoms with Gasteiger partial charge < -0.3 is 10.5 Å². The number of thiophene rings is 1. The summed E-state index contributed by atoms with van der Waals surface area (Å²) in [6.45, 7) is 1.51. The molecule has 0 amide bonds. The van der Waals surface area contributed by atoms with Crippen molar-refractivity contribution in [1.82, 2.24) is 4.57 Å². The predicted octanol–water partition coefficient (Wildman–Crippen LogP) is 3.58. The minimum absolute atomic E-state index is 0.0925. The van der Waals surface area contributed by atoms with E-state index in [2.05, 4.69) is 6.07 Å². The Bertz CT molecular complexity index is 1040. The average Bonchev–Trinajstić information content (AvgIpc) is 3.19. The maximum absolute atomic E-state index is 12.4. The zero-order valence-corrected chi connectivity index (χ0v) is 13.6. The number of benzene rings is 1. The van der Waals surface area contributed by atoms with Crippen molar-refractivity contribution in [2.45, 2.75) is 12.8 Å². The molecule has 0 saturated heterocycles. The molecule has 1 aromatic carbocycles. The first-order chi connectivity index (χ1) is 11.6. The summed E-state index contributed by atoms with van der Waals surface area (Å²) in [7, 11) is 0. The highest BCUT2D eigenvalue weighted by Crippen LogP contribution is 2.48. The number of carbonyl (C=O) groups is 1. The number of hydrogen-bond donors (Lipinski definition) is 1. The van der Waals surface area contributed by atoms with Crippen LogP contribution in [-0.4, -0.2) is 10.5 Å². The van der Waals surface area contributed by atoms with Crippen LogP contribution in [0.2, 0.25) is 0 Å². The van der Waals surface area contributed by atoms with Gasteiger partial charge in [-0.2, -0.15) is 5.26 Å². The van der Waals surface area contributed by atoms with E-state index in [4.69, 9.17) is 10.5 Å². The molecule has 1 unspecified atom stereocenters. The first-order valence-corrected chi connectivity index (χ1v) is 8.26. The van der Waals surface area contributed by atoms with Gasteiger partial charge in [-0.15, -0.1) is 11.3 Å². The lowest BCUT2D eigenvalue weighted by atomic mass is 9.92. The van der Waals surface area contributed by atoms with E-state index in [-0.39, 0.29) is 11.8 Å². The number of allylic oxidation sites excluding steroid dienone is 1.